The van der Waals surface area contributed by atoms with Crippen LogP contribution in [0.15, 0.2) is 5.11 Å². The number of methoxy groups -OCH3 is 1. The lowest BCUT2D eigenvalue weighted by Gasteiger charge is -2.51. The first kappa shape index (κ1) is 13.4. The Balaban J connectivity index is 2.06. The van der Waals surface area contributed by atoms with Crippen molar-refractivity contribution < 1.29 is 9.53 Å². The van der Waals surface area contributed by atoms with Crippen LogP contribution in [0, 0.1) is 11.3 Å². The molecule has 2 aliphatic rings. The predicted molar refractivity (Wildman–Crippen MR) is 68.1 cm³/mol. The molecule has 0 aromatic heterocycles. The molecule has 0 aromatic rings. The number of carbonyl (C=O) groups excluding carboxylic acids is 1. The highest BCUT2D eigenvalue weighted by Crippen LogP contribution is 2.54. The largest absolute Gasteiger partial charge is 0.381 e. The van der Waals surface area contributed by atoms with Gasteiger partial charge in [-0.3, -0.25) is 4.79 Å². The van der Waals surface area contributed by atoms with E-state index in [1.807, 2.05) is 0 Å². The number of ketones is 1. The maximum absolute atomic E-state index is 12.0. The summed E-state index contributed by atoms with van der Waals surface area (Å²) in [6.07, 6.45) is 6.98. The van der Waals surface area contributed by atoms with Gasteiger partial charge in [0.15, 0.2) is 0 Å². The molecule has 0 aromatic carbocycles. The van der Waals surface area contributed by atoms with Crippen LogP contribution in [-0.4, -0.2) is 25.5 Å². The zero-order valence-electron chi connectivity index (χ0n) is 11.0. The van der Waals surface area contributed by atoms with Gasteiger partial charge in [0.1, 0.15) is 5.78 Å². The second kappa shape index (κ2) is 5.72. The molecule has 0 heterocycles. The molecule has 5 heteroatoms. The Kier molecular flexibility index (Phi) is 4.25. The van der Waals surface area contributed by atoms with E-state index in [1.165, 1.54) is 6.42 Å². The Morgan fingerprint density at radius 1 is 1.56 bits per heavy atom. The fourth-order valence-corrected chi connectivity index (χ4v) is 3.73. The predicted octanol–water partition coefficient (Wildman–Crippen LogP) is 3.24. The first-order chi connectivity index (χ1) is 8.74. The maximum Gasteiger partial charge on any atom is 0.139 e. The standard InChI is InChI=1S/C13H21N3O2/c1-18-11(6-9-15-16-14)10-4-2-3-7-13(10)8-5-12(13)17/h10-11H,2-9H2,1H3/t10-,11+,13-/m1/s1. The molecular formula is C13H21N3O2. The molecule has 0 N–H and O–H groups in total. The highest BCUT2D eigenvalue weighted by molar-refractivity contribution is 5.90. The van der Waals surface area contributed by atoms with Crippen molar-refractivity contribution in [2.24, 2.45) is 16.4 Å². The summed E-state index contributed by atoms with van der Waals surface area (Å²) in [7, 11) is 1.70. The van der Waals surface area contributed by atoms with Crippen molar-refractivity contribution in [3.8, 4) is 0 Å². The van der Waals surface area contributed by atoms with Crippen molar-refractivity contribution in [2.75, 3.05) is 13.7 Å². The first-order valence-electron chi connectivity index (χ1n) is 6.81. The average molecular weight is 251 g/mol. The molecule has 2 rings (SSSR count). The van der Waals surface area contributed by atoms with Gasteiger partial charge in [-0.15, -0.1) is 0 Å². The molecule has 1 spiro atoms. The zero-order chi connectivity index (χ0) is 13.0. The fourth-order valence-electron chi connectivity index (χ4n) is 3.73. The van der Waals surface area contributed by atoms with Crippen molar-refractivity contribution in [1.29, 1.82) is 0 Å². The minimum Gasteiger partial charge on any atom is -0.381 e. The van der Waals surface area contributed by atoms with Crippen LogP contribution in [-0.2, 0) is 9.53 Å². The smallest absolute Gasteiger partial charge is 0.139 e. The topological polar surface area (TPSA) is 75.1 Å². The lowest BCUT2D eigenvalue weighted by atomic mass is 9.53. The van der Waals surface area contributed by atoms with E-state index in [-0.39, 0.29) is 11.5 Å². The van der Waals surface area contributed by atoms with Crippen LogP contribution < -0.4 is 0 Å². The Morgan fingerprint density at radius 2 is 2.39 bits per heavy atom. The van der Waals surface area contributed by atoms with Crippen molar-refractivity contribution in [3.05, 3.63) is 10.4 Å². The Bertz CT molecular complexity index is 365. The number of ether oxygens (including phenoxy) is 1. The van der Waals surface area contributed by atoms with Gasteiger partial charge in [-0.2, -0.15) is 0 Å². The Hall–Kier alpha value is -1.06. The summed E-state index contributed by atoms with van der Waals surface area (Å²) in [5, 5.41) is 3.58. The minimum absolute atomic E-state index is 0.0556. The summed E-state index contributed by atoms with van der Waals surface area (Å²) in [4.78, 5) is 14.8. The van der Waals surface area contributed by atoms with E-state index in [0.29, 0.717) is 18.2 Å². The number of hydrogen-bond donors (Lipinski definition) is 0. The highest BCUT2D eigenvalue weighted by Gasteiger charge is 2.54. The maximum atomic E-state index is 12.0. The number of nitrogens with zero attached hydrogens (tertiary/aromatic N) is 3. The summed E-state index contributed by atoms with van der Waals surface area (Å²) in [6, 6.07) is 0. The lowest BCUT2D eigenvalue weighted by Crippen LogP contribution is -2.52. The molecule has 5 nitrogen and oxygen atoms in total. The molecule has 2 aliphatic carbocycles. The highest BCUT2D eigenvalue weighted by atomic mass is 16.5. The number of carbonyl (C=O) groups is 1. The molecule has 18 heavy (non-hydrogen) atoms. The minimum atomic E-state index is -0.102. The van der Waals surface area contributed by atoms with Crippen LogP contribution in [0.1, 0.15) is 44.9 Å². The van der Waals surface area contributed by atoms with E-state index in [2.05, 4.69) is 10.0 Å². The molecule has 2 fully saturated rings. The first-order valence-corrected chi connectivity index (χ1v) is 6.81. The third-order valence-electron chi connectivity index (χ3n) is 4.78. The van der Waals surface area contributed by atoms with Crippen LogP contribution in [0.25, 0.3) is 10.4 Å². The van der Waals surface area contributed by atoms with Crippen LogP contribution in [0.4, 0.5) is 0 Å². The van der Waals surface area contributed by atoms with Crippen molar-refractivity contribution >= 4 is 5.78 Å². The zero-order valence-corrected chi connectivity index (χ0v) is 11.0. The average Bonchev–Trinajstić information content (AvgIpc) is 2.42. The van der Waals surface area contributed by atoms with Crippen molar-refractivity contribution in [2.45, 2.75) is 51.0 Å². The van der Waals surface area contributed by atoms with Gasteiger partial charge in [0.25, 0.3) is 0 Å². The van der Waals surface area contributed by atoms with Crippen LogP contribution in [0.2, 0.25) is 0 Å². The van der Waals surface area contributed by atoms with Crippen molar-refractivity contribution in [3.63, 3.8) is 0 Å². The Morgan fingerprint density at radius 3 is 2.94 bits per heavy atom. The van der Waals surface area contributed by atoms with Gasteiger partial charge >= 0.3 is 0 Å². The summed E-state index contributed by atoms with van der Waals surface area (Å²) in [5.74, 6) is 0.754. The SMILES string of the molecule is CO[C@@H](CCN=[N+]=[N-])[C@H]1CCCC[C@@]12CCC2=O. The second-order valence-electron chi connectivity index (χ2n) is 5.45. The third-order valence-corrected chi connectivity index (χ3v) is 4.78. The summed E-state index contributed by atoms with van der Waals surface area (Å²) in [6.45, 7) is 0.454. The fraction of sp³-hybridized carbons (Fsp3) is 0.923. The molecule has 0 saturated heterocycles. The summed E-state index contributed by atoms with van der Waals surface area (Å²) in [5.41, 5.74) is 8.23. The van der Waals surface area contributed by atoms with Gasteiger partial charge in [-0.25, -0.2) is 0 Å². The van der Waals surface area contributed by atoms with Gasteiger partial charge in [-0.05, 0) is 37.1 Å². The van der Waals surface area contributed by atoms with Gasteiger partial charge in [0.05, 0.1) is 6.10 Å². The molecule has 0 amide bonds. The quantitative estimate of drug-likeness (QED) is 0.427. The van der Waals surface area contributed by atoms with E-state index < -0.39 is 0 Å². The van der Waals surface area contributed by atoms with Gasteiger partial charge < -0.3 is 4.74 Å². The molecular weight excluding hydrogens is 230 g/mol. The normalized spacial score (nSPS) is 32.7. The Labute approximate surface area is 108 Å². The van der Waals surface area contributed by atoms with Gasteiger partial charge in [0.2, 0.25) is 0 Å². The number of rotatable bonds is 5. The molecule has 0 unspecified atom stereocenters. The third kappa shape index (κ3) is 2.25. The van der Waals surface area contributed by atoms with E-state index >= 15 is 0 Å². The summed E-state index contributed by atoms with van der Waals surface area (Å²) >= 11 is 0. The molecule has 0 radical (unpaired) electrons. The van der Waals surface area contributed by atoms with Gasteiger partial charge in [0, 0.05) is 30.4 Å². The number of hydrogen-bond acceptors (Lipinski definition) is 3. The van der Waals surface area contributed by atoms with Crippen LogP contribution in [0.3, 0.4) is 0 Å². The second-order valence-corrected chi connectivity index (χ2v) is 5.45. The number of Topliss-reactive ketones (excluding diaryl/α,β-unsaturated/α-hetero) is 1. The lowest BCUT2D eigenvalue weighted by molar-refractivity contribution is -0.154. The molecule has 0 aliphatic heterocycles. The van der Waals surface area contributed by atoms with Gasteiger partial charge in [-0.1, -0.05) is 18.0 Å². The molecule has 3 atom stereocenters. The summed E-state index contributed by atoms with van der Waals surface area (Å²) < 4.78 is 5.58. The molecule has 100 valence electrons. The van der Waals surface area contributed by atoms with Crippen LogP contribution >= 0.6 is 0 Å². The van der Waals surface area contributed by atoms with E-state index in [9.17, 15) is 4.79 Å². The monoisotopic (exact) mass is 251 g/mol. The van der Waals surface area contributed by atoms with E-state index in [0.717, 1.165) is 38.5 Å². The van der Waals surface area contributed by atoms with E-state index in [1.54, 1.807) is 7.11 Å². The van der Waals surface area contributed by atoms with Crippen molar-refractivity contribution in [1.82, 2.24) is 0 Å². The van der Waals surface area contributed by atoms with Crippen LogP contribution in [0.5, 0.6) is 0 Å². The number of azide groups is 1. The molecule has 0 bridgehead atoms. The van der Waals surface area contributed by atoms with E-state index in [4.69, 9.17) is 10.3 Å². The molecule has 2 saturated carbocycles.